The van der Waals surface area contributed by atoms with E-state index in [2.05, 4.69) is 10.5 Å². The molecule has 3 aromatic rings. The Kier molecular flexibility index (Phi) is 5.00. The number of anilines is 1. The Bertz CT molecular complexity index is 1300. The van der Waals surface area contributed by atoms with Gasteiger partial charge < -0.3 is 9.84 Å². The van der Waals surface area contributed by atoms with Crippen LogP contribution in [0.25, 0.3) is 10.8 Å². The highest BCUT2D eigenvalue weighted by Crippen LogP contribution is 2.41. The van der Waals surface area contributed by atoms with Crippen molar-refractivity contribution in [1.82, 2.24) is 5.43 Å². The van der Waals surface area contributed by atoms with Crippen LogP contribution in [0.1, 0.15) is 5.56 Å². The van der Waals surface area contributed by atoms with E-state index < -0.39 is 22.5 Å². The van der Waals surface area contributed by atoms with E-state index in [-0.39, 0.29) is 21.4 Å². The van der Waals surface area contributed by atoms with Gasteiger partial charge in [0.15, 0.2) is 11.5 Å². The number of carbonyl (C=O) groups excluding carboxylic acids is 1. The number of sulfonamides is 1. The first kappa shape index (κ1) is 20.0. The van der Waals surface area contributed by atoms with E-state index in [1.807, 2.05) is 12.1 Å². The van der Waals surface area contributed by atoms with Crippen molar-refractivity contribution in [2.75, 3.05) is 18.0 Å². The molecule has 1 heterocycles. The topological polar surface area (TPSA) is 108 Å². The summed E-state index contributed by atoms with van der Waals surface area (Å²) in [6, 6.07) is 13.2. The van der Waals surface area contributed by atoms with Crippen molar-refractivity contribution in [1.29, 1.82) is 0 Å². The summed E-state index contributed by atoms with van der Waals surface area (Å²) < 4.78 is 31.9. The highest BCUT2D eigenvalue weighted by molar-refractivity contribution is 7.93. The lowest BCUT2D eigenvalue weighted by molar-refractivity contribution is -0.119. The molecule has 0 bridgehead atoms. The van der Waals surface area contributed by atoms with Crippen LogP contribution in [0.2, 0.25) is 5.02 Å². The fraction of sp³-hybridized carbons (Fsp3) is 0.100. The average molecular weight is 446 g/mol. The minimum Gasteiger partial charge on any atom is -0.503 e. The Hall–Kier alpha value is -3.30. The molecule has 0 spiro atoms. The van der Waals surface area contributed by atoms with Gasteiger partial charge in [-0.05, 0) is 35.2 Å². The van der Waals surface area contributed by atoms with Crippen LogP contribution >= 0.6 is 11.6 Å². The van der Waals surface area contributed by atoms with Crippen molar-refractivity contribution in [3.8, 4) is 11.5 Å². The zero-order valence-corrected chi connectivity index (χ0v) is 17.2. The van der Waals surface area contributed by atoms with Crippen molar-refractivity contribution in [2.45, 2.75) is 4.90 Å². The largest absolute Gasteiger partial charge is 0.503 e. The second-order valence-electron chi connectivity index (χ2n) is 6.49. The Morgan fingerprint density at radius 1 is 1.27 bits per heavy atom. The second kappa shape index (κ2) is 7.51. The van der Waals surface area contributed by atoms with Gasteiger partial charge in [0.25, 0.3) is 15.9 Å². The summed E-state index contributed by atoms with van der Waals surface area (Å²) in [6.07, 6.45) is 1.31. The number of aromatic hydroxyl groups is 1. The van der Waals surface area contributed by atoms with Gasteiger partial charge in [0.1, 0.15) is 6.54 Å². The molecule has 154 valence electrons. The average Bonchev–Trinajstić information content (AvgIpc) is 2.94. The quantitative estimate of drug-likeness (QED) is 0.463. The molecule has 0 atom stereocenters. The van der Waals surface area contributed by atoms with E-state index in [4.69, 9.17) is 16.3 Å². The van der Waals surface area contributed by atoms with Crippen LogP contribution in [0.4, 0.5) is 5.69 Å². The standard InChI is InChI=1S/C20H16ClN3O5S/c1-29-16-9-12(8-14(21)20(16)26)10-22-23-18(25)11-24-15-6-2-4-13-5-3-7-17(19(13)15)30(24,27)28/h2-10,26H,11H2,1H3,(H,23,25)/b22-10+. The predicted molar refractivity (Wildman–Crippen MR) is 114 cm³/mol. The molecular weight excluding hydrogens is 430 g/mol. The van der Waals surface area contributed by atoms with Gasteiger partial charge in [0.05, 0.1) is 28.9 Å². The van der Waals surface area contributed by atoms with E-state index in [0.29, 0.717) is 16.6 Å². The maximum Gasteiger partial charge on any atom is 0.265 e. The van der Waals surface area contributed by atoms with Gasteiger partial charge in [0, 0.05) is 5.39 Å². The number of halogens is 1. The van der Waals surface area contributed by atoms with E-state index in [0.717, 1.165) is 9.69 Å². The molecule has 8 nitrogen and oxygen atoms in total. The van der Waals surface area contributed by atoms with Gasteiger partial charge in [-0.3, -0.25) is 9.10 Å². The van der Waals surface area contributed by atoms with Crippen molar-refractivity contribution in [2.24, 2.45) is 5.10 Å². The van der Waals surface area contributed by atoms with Crippen LogP contribution in [0.15, 0.2) is 58.5 Å². The summed E-state index contributed by atoms with van der Waals surface area (Å²) in [5.41, 5.74) is 3.23. The van der Waals surface area contributed by atoms with Gasteiger partial charge in [-0.25, -0.2) is 13.8 Å². The molecule has 0 aromatic heterocycles. The maximum absolute atomic E-state index is 12.9. The van der Waals surface area contributed by atoms with Crippen LogP contribution in [0.5, 0.6) is 11.5 Å². The van der Waals surface area contributed by atoms with E-state index >= 15 is 0 Å². The molecule has 10 heteroatoms. The number of nitrogens with one attached hydrogen (secondary N) is 1. The van der Waals surface area contributed by atoms with Crippen LogP contribution in [-0.4, -0.2) is 39.3 Å². The summed E-state index contributed by atoms with van der Waals surface area (Å²) in [4.78, 5) is 12.5. The van der Waals surface area contributed by atoms with Crippen molar-refractivity contribution in [3.05, 3.63) is 59.1 Å². The van der Waals surface area contributed by atoms with Crippen LogP contribution in [-0.2, 0) is 14.8 Å². The highest BCUT2D eigenvalue weighted by atomic mass is 35.5. The number of rotatable bonds is 5. The Morgan fingerprint density at radius 3 is 2.73 bits per heavy atom. The SMILES string of the molecule is COc1cc(/C=N/NC(=O)CN2c3cccc4cccc(c34)S2(=O)=O)cc(Cl)c1O. The molecular formula is C20H16ClN3O5S. The molecule has 0 unspecified atom stereocenters. The molecule has 1 aliphatic heterocycles. The predicted octanol–water partition coefficient (Wildman–Crippen LogP) is 2.87. The highest BCUT2D eigenvalue weighted by Gasteiger charge is 2.36. The molecule has 2 N–H and O–H groups in total. The molecule has 4 rings (SSSR count). The summed E-state index contributed by atoms with van der Waals surface area (Å²) in [5, 5.41) is 15.0. The third kappa shape index (κ3) is 3.31. The lowest BCUT2D eigenvalue weighted by Gasteiger charge is -2.17. The number of ether oxygens (including phenoxy) is 1. The molecule has 0 radical (unpaired) electrons. The number of phenols is 1. The minimum atomic E-state index is -3.83. The fourth-order valence-corrected chi connectivity index (χ4v) is 5.18. The van der Waals surface area contributed by atoms with E-state index in [1.54, 1.807) is 18.2 Å². The molecule has 1 amide bonds. The number of methoxy groups -OCH3 is 1. The monoisotopic (exact) mass is 445 g/mol. The van der Waals surface area contributed by atoms with Gasteiger partial charge in [0.2, 0.25) is 0 Å². The van der Waals surface area contributed by atoms with Crippen molar-refractivity contribution >= 4 is 50.2 Å². The Labute approximate surface area is 177 Å². The minimum absolute atomic E-state index is 0.0659. The van der Waals surface area contributed by atoms with Crippen molar-refractivity contribution < 1.29 is 23.1 Å². The summed E-state index contributed by atoms with van der Waals surface area (Å²) in [6.45, 7) is -0.423. The number of carbonyl (C=O) groups is 1. The van der Waals surface area contributed by atoms with Crippen LogP contribution in [0, 0.1) is 0 Å². The Balaban J connectivity index is 1.52. The first-order chi connectivity index (χ1) is 14.3. The molecule has 0 aliphatic carbocycles. The summed E-state index contributed by atoms with van der Waals surface area (Å²) in [7, 11) is -2.45. The third-order valence-electron chi connectivity index (χ3n) is 4.64. The van der Waals surface area contributed by atoms with E-state index in [1.165, 1.54) is 31.5 Å². The molecule has 3 aromatic carbocycles. The van der Waals surface area contributed by atoms with Crippen LogP contribution in [0.3, 0.4) is 0 Å². The molecule has 0 saturated carbocycles. The maximum atomic E-state index is 12.9. The number of phenolic OH excluding ortho intramolecular Hbond substituents is 1. The van der Waals surface area contributed by atoms with Gasteiger partial charge >= 0.3 is 0 Å². The number of nitrogens with zero attached hydrogens (tertiary/aromatic N) is 2. The van der Waals surface area contributed by atoms with Gasteiger partial charge in [-0.1, -0.05) is 35.9 Å². The zero-order valence-electron chi connectivity index (χ0n) is 15.7. The first-order valence-electron chi connectivity index (χ1n) is 8.76. The third-order valence-corrected chi connectivity index (χ3v) is 6.73. The summed E-state index contributed by atoms with van der Waals surface area (Å²) in [5.74, 6) is -0.658. The van der Waals surface area contributed by atoms with E-state index in [9.17, 15) is 18.3 Å². The lowest BCUT2D eigenvalue weighted by atomic mass is 10.1. The normalized spacial score (nSPS) is 14.4. The fourth-order valence-electron chi connectivity index (χ4n) is 3.30. The number of benzene rings is 3. The molecule has 0 saturated heterocycles. The molecule has 30 heavy (non-hydrogen) atoms. The number of hydrogen-bond donors (Lipinski definition) is 2. The second-order valence-corrected chi connectivity index (χ2v) is 8.73. The number of amides is 1. The number of hydrogen-bond acceptors (Lipinski definition) is 6. The number of hydrazone groups is 1. The lowest BCUT2D eigenvalue weighted by Crippen LogP contribution is -2.37. The first-order valence-corrected chi connectivity index (χ1v) is 10.6. The van der Waals surface area contributed by atoms with Crippen molar-refractivity contribution in [3.63, 3.8) is 0 Å². The zero-order chi connectivity index (χ0) is 21.5. The van der Waals surface area contributed by atoms with Gasteiger partial charge in [-0.2, -0.15) is 5.10 Å². The van der Waals surface area contributed by atoms with Crippen LogP contribution < -0.4 is 14.5 Å². The van der Waals surface area contributed by atoms with Gasteiger partial charge in [-0.15, -0.1) is 0 Å². The molecule has 1 aliphatic rings. The smallest absolute Gasteiger partial charge is 0.265 e. The summed E-state index contributed by atoms with van der Waals surface area (Å²) >= 11 is 5.91. The Morgan fingerprint density at radius 2 is 2.00 bits per heavy atom. The molecule has 0 fully saturated rings.